The van der Waals surface area contributed by atoms with Crippen LogP contribution < -0.4 is 10.0 Å². The van der Waals surface area contributed by atoms with Crippen LogP contribution in [0.3, 0.4) is 0 Å². The van der Waals surface area contributed by atoms with Gasteiger partial charge in [0.2, 0.25) is 15.9 Å². The first kappa shape index (κ1) is 16.5. The summed E-state index contributed by atoms with van der Waals surface area (Å²) < 4.78 is 39.6. The zero-order valence-electron chi connectivity index (χ0n) is 11.6. The van der Waals surface area contributed by atoms with Gasteiger partial charge in [-0.05, 0) is 30.7 Å². The molecule has 22 heavy (non-hydrogen) atoms. The molecule has 118 valence electrons. The number of rotatable bonds is 6. The highest BCUT2D eigenvalue weighted by Crippen LogP contribution is 2.13. The van der Waals surface area contributed by atoms with E-state index in [9.17, 15) is 17.6 Å². The van der Waals surface area contributed by atoms with Crippen molar-refractivity contribution in [3.8, 4) is 0 Å². The molecule has 9 heteroatoms. The molecule has 1 amide bonds. The summed E-state index contributed by atoms with van der Waals surface area (Å²) in [6.07, 6.45) is 1.79. The van der Waals surface area contributed by atoms with Crippen molar-refractivity contribution in [2.45, 2.75) is 24.3 Å². The van der Waals surface area contributed by atoms with Gasteiger partial charge in [0.1, 0.15) is 11.9 Å². The van der Waals surface area contributed by atoms with Gasteiger partial charge in [-0.25, -0.2) is 17.8 Å². The molecule has 0 aliphatic heterocycles. The Hall–Kier alpha value is -1.84. The van der Waals surface area contributed by atoms with Crippen LogP contribution >= 0.6 is 11.3 Å². The maximum Gasteiger partial charge on any atom is 0.244 e. The summed E-state index contributed by atoms with van der Waals surface area (Å²) in [5.74, 6) is -1.03. The second-order valence-electron chi connectivity index (χ2n) is 4.36. The van der Waals surface area contributed by atoms with Crippen LogP contribution in [0.15, 0.2) is 40.7 Å². The molecule has 2 aromatic rings. The number of halogens is 1. The average Bonchev–Trinajstić information content (AvgIpc) is 2.98. The fourth-order valence-corrected chi connectivity index (χ4v) is 3.48. The van der Waals surface area contributed by atoms with Gasteiger partial charge in [0.25, 0.3) is 0 Å². The quantitative estimate of drug-likeness (QED) is 0.839. The summed E-state index contributed by atoms with van der Waals surface area (Å²) in [5, 5.41) is 4.62. The molecule has 0 spiro atoms. The largest absolute Gasteiger partial charge is 0.301 e. The van der Waals surface area contributed by atoms with Crippen molar-refractivity contribution < 1.29 is 17.6 Å². The Bertz CT molecular complexity index is 730. The van der Waals surface area contributed by atoms with Crippen LogP contribution in [0.4, 0.5) is 9.52 Å². The monoisotopic (exact) mass is 343 g/mol. The number of benzene rings is 1. The molecule has 0 saturated carbocycles. The number of aromatic nitrogens is 1. The molecule has 1 heterocycles. The standard InChI is InChI=1S/C13H14FN3O3S2/c1-2-11(12(18)16-13-15-7-8-21-13)17-22(19,20)10-5-3-9(14)4-6-10/h3-8,11,17H,2H2,1H3,(H,15,16,18). The number of hydrogen-bond acceptors (Lipinski definition) is 5. The van der Waals surface area contributed by atoms with Gasteiger partial charge in [-0.3, -0.25) is 4.79 Å². The Labute approximate surface area is 131 Å². The van der Waals surface area contributed by atoms with E-state index >= 15 is 0 Å². The number of nitrogens with one attached hydrogen (secondary N) is 2. The van der Waals surface area contributed by atoms with Crippen LogP contribution in [0.2, 0.25) is 0 Å². The number of nitrogens with zero attached hydrogens (tertiary/aromatic N) is 1. The molecule has 1 atom stereocenters. The maximum absolute atomic E-state index is 12.9. The van der Waals surface area contributed by atoms with Crippen molar-refractivity contribution in [3.05, 3.63) is 41.7 Å². The van der Waals surface area contributed by atoms with Gasteiger partial charge >= 0.3 is 0 Å². The van der Waals surface area contributed by atoms with Crippen molar-refractivity contribution in [3.63, 3.8) is 0 Å². The lowest BCUT2D eigenvalue weighted by Crippen LogP contribution is -2.43. The zero-order chi connectivity index (χ0) is 16.2. The maximum atomic E-state index is 12.9. The number of carbonyl (C=O) groups is 1. The van der Waals surface area contributed by atoms with E-state index in [1.54, 1.807) is 12.3 Å². The number of anilines is 1. The van der Waals surface area contributed by atoms with Crippen molar-refractivity contribution in [2.75, 3.05) is 5.32 Å². The van der Waals surface area contributed by atoms with Gasteiger partial charge in [0.15, 0.2) is 5.13 Å². The van der Waals surface area contributed by atoms with Crippen LogP contribution in [0.1, 0.15) is 13.3 Å². The highest BCUT2D eigenvalue weighted by atomic mass is 32.2. The number of hydrogen-bond donors (Lipinski definition) is 2. The molecule has 2 rings (SSSR count). The van der Waals surface area contributed by atoms with Gasteiger partial charge in [0, 0.05) is 11.6 Å². The molecule has 2 N–H and O–H groups in total. The van der Waals surface area contributed by atoms with Crippen LogP contribution in [-0.2, 0) is 14.8 Å². The summed E-state index contributed by atoms with van der Waals surface area (Å²) in [5.41, 5.74) is 0. The summed E-state index contributed by atoms with van der Waals surface area (Å²) >= 11 is 1.23. The van der Waals surface area contributed by atoms with E-state index in [1.807, 2.05) is 0 Å². The summed E-state index contributed by atoms with van der Waals surface area (Å²) in [6.45, 7) is 1.68. The van der Waals surface area contributed by atoms with E-state index in [0.717, 1.165) is 24.3 Å². The molecule has 1 unspecified atom stereocenters. The molecule has 6 nitrogen and oxygen atoms in total. The van der Waals surface area contributed by atoms with Gasteiger partial charge in [-0.1, -0.05) is 6.92 Å². The Morgan fingerprint density at radius 3 is 2.59 bits per heavy atom. The fraction of sp³-hybridized carbons (Fsp3) is 0.231. The number of carbonyl (C=O) groups excluding carboxylic acids is 1. The van der Waals surface area contributed by atoms with Crippen molar-refractivity contribution in [2.24, 2.45) is 0 Å². The normalized spacial score (nSPS) is 12.8. The molecule has 0 bridgehead atoms. The fourth-order valence-electron chi connectivity index (χ4n) is 1.67. The van der Waals surface area contributed by atoms with Crippen LogP contribution in [0.5, 0.6) is 0 Å². The molecule has 0 saturated heterocycles. The summed E-state index contributed by atoms with van der Waals surface area (Å²) in [7, 11) is -3.91. The first-order chi connectivity index (χ1) is 10.4. The molecule has 0 fully saturated rings. The number of thiazole rings is 1. The zero-order valence-corrected chi connectivity index (χ0v) is 13.2. The second kappa shape index (κ2) is 6.95. The SMILES string of the molecule is CCC(NS(=O)(=O)c1ccc(F)cc1)C(=O)Nc1nccs1. The Kier molecular flexibility index (Phi) is 5.22. The smallest absolute Gasteiger partial charge is 0.244 e. The lowest BCUT2D eigenvalue weighted by atomic mass is 10.2. The Morgan fingerprint density at radius 2 is 2.05 bits per heavy atom. The highest BCUT2D eigenvalue weighted by Gasteiger charge is 2.24. The predicted molar refractivity (Wildman–Crippen MR) is 81.5 cm³/mol. The minimum absolute atomic E-state index is 0.102. The molecule has 1 aromatic heterocycles. The van der Waals surface area contributed by atoms with Gasteiger partial charge < -0.3 is 5.32 Å². The highest BCUT2D eigenvalue weighted by molar-refractivity contribution is 7.89. The van der Waals surface area contributed by atoms with Crippen molar-refractivity contribution in [1.29, 1.82) is 0 Å². The molecule has 0 radical (unpaired) electrons. The minimum atomic E-state index is -3.91. The Morgan fingerprint density at radius 1 is 1.36 bits per heavy atom. The molecule has 0 aliphatic carbocycles. The van der Waals surface area contributed by atoms with E-state index < -0.39 is 27.8 Å². The molecular weight excluding hydrogens is 329 g/mol. The Balaban J connectivity index is 2.11. The van der Waals surface area contributed by atoms with Gasteiger partial charge in [-0.2, -0.15) is 4.72 Å². The first-order valence-electron chi connectivity index (χ1n) is 6.40. The van der Waals surface area contributed by atoms with Crippen molar-refractivity contribution >= 4 is 32.4 Å². The number of sulfonamides is 1. The van der Waals surface area contributed by atoms with Gasteiger partial charge in [0.05, 0.1) is 4.90 Å². The third-order valence-electron chi connectivity index (χ3n) is 2.81. The lowest BCUT2D eigenvalue weighted by molar-refractivity contribution is -0.117. The average molecular weight is 343 g/mol. The molecule has 0 aliphatic rings. The lowest BCUT2D eigenvalue weighted by Gasteiger charge is -2.16. The predicted octanol–water partition coefficient (Wildman–Crippen LogP) is 1.98. The third-order valence-corrected chi connectivity index (χ3v) is 4.98. The van der Waals surface area contributed by atoms with Crippen molar-refractivity contribution in [1.82, 2.24) is 9.71 Å². The minimum Gasteiger partial charge on any atom is -0.301 e. The first-order valence-corrected chi connectivity index (χ1v) is 8.77. The van der Waals surface area contributed by atoms with E-state index in [1.165, 1.54) is 17.5 Å². The van der Waals surface area contributed by atoms with E-state index in [-0.39, 0.29) is 11.3 Å². The summed E-state index contributed by atoms with van der Waals surface area (Å²) in [6, 6.07) is 3.43. The van der Waals surface area contributed by atoms with E-state index in [4.69, 9.17) is 0 Å². The van der Waals surface area contributed by atoms with Crippen LogP contribution in [0.25, 0.3) is 0 Å². The molecule has 1 aromatic carbocycles. The number of amides is 1. The topological polar surface area (TPSA) is 88.2 Å². The second-order valence-corrected chi connectivity index (χ2v) is 6.97. The van der Waals surface area contributed by atoms with Gasteiger partial charge in [-0.15, -0.1) is 11.3 Å². The summed E-state index contributed by atoms with van der Waals surface area (Å²) in [4.78, 5) is 15.9. The molecular formula is C13H14FN3O3S2. The van der Waals surface area contributed by atoms with E-state index in [2.05, 4.69) is 15.0 Å². The third kappa shape index (κ3) is 4.09. The van der Waals surface area contributed by atoms with Crippen LogP contribution in [0, 0.1) is 5.82 Å². The van der Waals surface area contributed by atoms with E-state index in [0.29, 0.717) is 5.13 Å². The van der Waals surface area contributed by atoms with Crippen LogP contribution in [-0.4, -0.2) is 25.4 Å².